The summed E-state index contributed by atoms with van der Waals surface area (Å²) in [6, 6.07) is 16.0. The third kappa shape index (κ3) is 4.80. The lowest BCUT2D eigenvalue weighted by Gasteiger charge is -2.04. The Morgan fingerprint density at radius 1 is 1.10 bits per heavy atom. The maximum atomic E-state index is 12.4. The molecule has 30 heavy (non-hydrogen) atoms. The van der Waals surface area contributed by atoms with Gasteiger partial charge in [-0.05, 0) is 19.1 Å². The number of anilines is 1. The Morgan fingerprint density at radius 3 is 2.53 bits per heavy atom. The van der Waals surface area contributed by atoms with E-state index in [0.717, 1.165) is 27.1 Å². The molecule has 0 atom stereocenters. The van der Waals surface area contributed by atoms with E-state index in [1.54, 1.807) is 0 Å². The molecule has 0 radical (unpaired) electrons. The van der Waals surface area contributed by atoms with Gasteiger partial charge in [0.1, 0.15) is 0 Å². The molecule has 0 aliphatic heterocycles. The lowest BCUT2D eigenvalue weighted by Crippen LogP contribution is -2.14. The minimum atomic E-state index is -0.128. The van der Waals surface area contributed by atoms with Crippen LogP contribution < -0.4 is 5.32 Å². The van der Waals surface area contributed by atoms with Crippen molar-refractivity contribution in [3.05, 3.63) is 63.9 Å². The molecular formula is C21H18BrN5OS2. The van der Waals surface area contributed by atoms with Gasteiger partial charge in [-0.1, -0.05) is 69.7 Å². The van der Waals surface area contributed by atoms with Gasteiger partial charge in [-0.15, -0.1) is 21.5 Å². The van der Waals surface area contributed by atoms with Crippen LogP contribution in [0.1, 0.15) is 5.56 Å². The third-order valence-corrected chi connectivity index (χ3v) is 6.67. The summed E-state index contributed by atoms with van der Waals surface area (Å²) in [5.41, 5.74) is 4.03. The zero-order valence-corrected chi connectivity index (χ0v) is 19.5. The fourth-order valence-electron chi connectivity index (χ4n) is 2.76. The normalized spacial score (nSPS) is 10.9. The average Bonchev–Trinajstić information content (AvgIpc) is 3.34. The monoisotopic (exact) mass is 499 g/mol. The highest BCUT2D eigenvalue weighted by atomic mass is 79.9. The van der Waals surface area contributed by atoms with Gasteiger partial charge < -0.3 is 9.88 Å². The molecule has 152 valence electrons. The Hall–Kier alpha value is -2.49. The highest BCUT2D eigenvalue weighted by molar-refractivity contribution is 9.10. The maximum absolute atomic E-state index is 12.4. The van der Waals surface area contributed by atoms with Crippen LogP contribution in [0.15, 0.2) is 63.5 Å². The number of halogens is 1. The standard InChI is InChI=1S/C21H18BrN5OS2/c1-13-3-5-15(6-4-13)19-25-26-21(27(19)2)30-12-18(28)24-20-23-17(11-29-20)14-7-9-16(22)10-8-14/h3-11H,12H2,1-2H3,(H,23,24,28). The van der Waals surface area contributed by atoms with Crippen molar-refractivity contribution in [3.63, 3.8) is 0 Å². The first kappa shape index (κ1) is 20.8. The van der Waals surface area contributed by atoms with Gasteiger partial charge in [-0.3, -0.25) is 4.79 Å². The summed E-state index contributed by atoms with van der Waals surface area (Å²) in [7, 11) is 1.90. The van der Waals surface area contributed by atoms with Crippen molar-refractivity contribution in [1.29, 1.82) is 0 Å². The van der Waals surface area contributed by atoms with Gasteiger partial charge in [-0.25, -0.2) is 4.98 Å². The highest BCUT2D eigenvalue weighted by Crippen LogP contribution is 2.27. The molecular weight excluding hydrogens is 482 g/mol. The zero-order chi connectivity index (χ0) is 21.1. The molecule has 2 aromatic carbocycles. The number of aryl methyl sites for hydroxylation is 1. The van der Waals surface area contributed by atoms with Crippen molar-refractivity contribution >= 4 is 50.1 Å². The summed E-state index contributed by atoms with van der Waals surface area (Å²) in [6.07, 6.45) is 0. The molecule has 0 spiro atoms. The van der Waals surface area contributed by atoms with Crippen LogP contribution in [-0.2, 0) is 11.8 Å². The van der Waals surface area contributed by atoms with E-state index in [4.69, 9.17) is 0 Å². The Balaban J connectivity index is 1.36. The molecule has 0 aliphatic carbocycles. The number of benzene rings is 2. The smallest absolute Gasteiger partial charge is 0.236 e. The number of carbonyl (C=O) groups is 1. The number of nitrogens with one attached hydrogen (secondary N) is 1. The van der Waals surface area contributed by atoms with Gasteiger partial charge in [0.2, 0.25) is 5.91 Å². The van der Waals surface area contributed by atoms with Gasteiger partial charge in [0, 0.05) is 28.0 Å². The molecule has 0 aliphatic rings. The molecule has 0 saturated carbocycles. The number of aromatic nitrogens is 4. The van der Waals surface area contributed by atoms with Crippen molar-refractivity contribution in [3.8, 4) is 22.6 Å². The Labute approximate surface area is 190 Å². The number of nitrogens with zero attached hydrogens (tertiary/aromatic N) is 4. The SMILES string of the molecule is Cc1ccc(-c2nnc(SCC(=O)Nc3nc(-c4ccc(Br)cc4)cs3)n2C)cc1. The van der Waals surface area contributed by atoms with Crippen molar-refractivity contribution in [2.24, 2.45) is 7.05 Å². The van der Waals surface area contributed by atoms with E-state index in [1.807, 2.05) is 72.4 Å². The lowest BCUT2D eigenvalue weighted by molar-refractivity contribution is -0.113. The highest BCUT2D eigenvalue weighted by Gasteiger charge is 2.14. The number of thiazole rings is 1. The predicted molar refractivity (Wildman–Crippen MR) is 126 cm³/mol. The Morgan fingerprint density at radius 2 is 1.80 bits per heavy atom. The second kappa shape index (κ2) is 9.11. The van der Waals surface area contributed by atoms with Crippen LogP contribution in [0.3, 0.4) is 0 Å². The number of hydrogen-bond donors (Lipinski definition) is 1. The molecule has 4 aromatic rings. The van der Waals surface area contributed by atoms with Crippen molar-refractivity contribution in [2.75, 3.05) is 11.1 Å². The zero-order valence-electron chi connectivity index (χ0n) is 16.3. The van der Waals surface area contributed by atoms with Crippen LogP contribution in [-0.4, -0.2) is 31.4 Å². The molecule has 4 rings (SSSR count). The summed E-state index contributed by atoms with van der Waals surface area (Å²) in [6.45, 7) is 2.05. The largest absolute Gasteiger partial charge is 0.305 e. The number of hydrogen-bond acceptors (Lipinski definition) is 6. The maximum Gasteiger partial charge on any atom is 0.236 e. The Bertz CT molecular complexity index is 1170. The van der Waals surface area contributed by atoms with Crippen LogP contribution in [0.2, 0.25) is 0 Å². The number of amides is 1. The van der Waals surface area contributed by atoms with Crippen LogP contribution in [0, 0.1) is 6.92 Å². The number of thioether (sulfide) groups is 1. The van der Waals surface area contributed by atoms with Gasteiger partial charge in [0.15, 0.2) is 16.1 Å². The summed E-state index contributed by atoms with van der Waals surface area (Å²) in [5, 5.41) is 14.6. The van der Waals surface area contributed by atoms with E-state index in [2.05, 4.69) is 36.4 Å². The second-order valence-corrected chi connectivity index (χ2v) is 9.33. The fourth-order valence-corrected chi connectivity index (χ4v) is 4.48. The first-order valence-electron chi connectivity index (χ1n) is 9.10. The van der Waals surface area contributed by atoms with Gasteiger partial charge in [0.25, 0.3) is 0 Å². The molecule has 9 heteroatoms. The molecule has 0 saturated heterocycles. The van der Waals surface area contributed by atoms with E-state index in [1.165, 1.54) is 28.7 Å². The van der Waals surface area contributed by atoms with Gasteiger partial charge >= 0.3 is 0 Å². The van der Waals surface area contributed by atoms with E-state index >= 15 is 0 Å². The summed E-state index contributed by atoms with van der Waals surface area (Å²) < 4.78 is 2.92. The topological polar surface area (TPSA) is 72.7 Å². The molecule has 2 heterocycles. The van der Waals surface area contributed by atoms with Crippen molar-refractivity contribution < 1.29 is 4.79 Å². The van der Waals surface area contributed by atoms with Gasteiger partial charge in [0.05, 0.1) is 11.4 Å². The van der Waals surface area contributed by atoms with Crippen molar-refractivity contribution in [1.82, 2.24) is 19.7 Å². The van der Waals surface area contributed by atoms with Crippen LogP contribution >= 0.6 is 39.0 Å². The van der Waals surface area contributed by atoms with Crippen LogP contribution in [0.25, 0.3) is 22.6 Å². The fraction of sp³-hybridized carbons (Fsp3) is 0.143. The predicted octanol–water partition coefficient (Wildman–Crippen LogP) is 5.41. The third-order valence-electron chi connectivity index (χ3n) is 4.37. The minimum Gasteiger partial charge on any atom is -0.305 e. The molecule has 0 fully saturated rings. The summed E-state index contributed by atoms with van der Waals surface area (Å²) in [5.74, 6) is 0.876. The first-order chi connectivity index (χ1) is 14.5. The minimum absolute atomic E-state index is 0.128. The van der Waals surface area contributed by atoms with E-state index in [9.17, 15) is 4.79 Å². The van der Waals surface area contributed by atoms with E-state index < -0.39 is 0 Å². The van der Waals surface area contributed by atoms with Crippen molar-refractivity contribution in [2.45, 2.75) is 12.1 Å². The van der Waals surface area contributed by atoms with Crippen LogP contribution in [0.4, 0.5) is 5.13 Å². The lowest BCUT2D eigenvalue weighted by atomic mass is 10.1. The second-order valence-electron chi connectivity index (χ2n) is 6.61. The quantitative estimate of drug-likeness (QED) is 0.359. The van der Waals surface area contributed by atoms with E-state index in [0.29, 0.717) is 10.3 Å². The van der Waals surface area contributed by atoms with E-state index in [-0.39, 0.29) is 11.7 Å². The van der Waals surface area contributed by atoms with Crippen LogP contribution in [0.5, 0.6) is 0 Å². The molecule has 0 unspecified atom stereocenters. The average molecular weight is 500 g/mol. The Kier molecular flexibility index (Phi) is 6.31. The molecule has 1 amide bonds. The molecule has 0 bridgehead atoms. The summed E-state index contributed by atoms with van der Waals surface area (Å²) >= 11 is 6.18. The molecule has 6 nitrogen and oxygen atoms in total. The number of carbonyl (C=O) groups excluding carboxylic acids is 1. The molecule has 1 N–H and O–H groups in total. The van der Waals surface area contributed by atoms with Gasteiger partial charge in [-0.2, -0.15) is 0 Å². The molecule has 2 aromatic heterocycles. The number of rotatable bonds is 6. The summed E-state index contributed by atoms with van der Waals surface area (Å²) in [4.78, 5) is 16.9. The first-order valence-corrected chi connectivity index (χ1v) is 11.8.